The zero-order chi connectivity index (χ0) is 27.6. The number of hydrogen-bond acceptors (Lipinski definition) is 2. The second-order valence-electron chi connectivity index (χ2n) is 14.5. The van der Waals surface area contributed by atoms with Crippen LogP contribution in [0.2, 0.25) is 36.3 Å². The fourth-order valence-electron chi connectivity index (χ4n) is 4.55. The molecule has 0 heterocycles. The van der Waals surface area contributed by atoms with Crippen LogP contribution in [0.5, 0.6) is 0 Å². The predicted molar refractivity (Wildman–Crippen MR) is 167 cm³/mol. The Morgan fingerprint density at radius 2 is 1.00 bits per heavy atom. The minimum absolute atomic E-state index is 0.327. The molecule has 0 aliphatic heterocycles. The third kappa shape index (κ3) is 11.7. The molecular weight excluding hydrogens is 473 g/mol. The molecule has 0 aromatic heterocycles. The Morgan fingerprint density at radius 3 is 1.22 bits per heavy atom. The van der Waals surface area contributed by atoms with Gasteiger partial charge in [-0.15, -0.1) is 0 Å². The Kier molecular flexibility index (Phi) is 14.0. The van der Waals surface area contributed by atoms with Gasteiger partial charge in [-0.25, -0.2) is 0 Å². The topological polar surface area (TPSA) is 18.5 Å². The van der Waals surface area contributed by atoms with E-state index in [1.807, 2.05) is 0 Å². The molecule has 4 heteroatoms. The molecular formula is C32H64O2Si2. The normalized spacial score (nSPS) is 22.4. The molecule has 4 atom stereocenters. The van der Waals surface area contributed by atoms with E-state index in [0.717, 1.165) is 24.7 Å². The van der Waals surface area contributed by atoms with Gasteiger partial charge in [0.25, 0.3) is 0 Å². The quantitative estimate of drug-likeness (QED) is 0.182. The van der Waals surface area contributed by atoms with Crippen LogP contribution in [0.25, 0.3) is 0 Å². The maximum atomic E-state index is 6.53. The van der Waals surface area contributed by atoms with Crippen LogP contribution in [0.15, 0.2) is 24.3 Å². The molecule has 2 aliphatic rings. The first-order valence-corrected chi connectivity index (χ1v) is 21.0. The van der Waals surface area contributed by atoms with E-state index in [-0.39, 0.29) is 0 Å². The van der Waals surface area contributed by atoms with Gasteiger partial charge in [0.15, 0.2) is 16.6 Å². The summed E-state index contributed by atoms with van der Waals surface area (Å²) >= 11 is 0. The van der Waals surface area contributed by atoms with E-state index in [4.69, 9.17) is 8.85 Å². The molecule has 0 spiro atoms. The Bertz CT molecular complexity index is 609. The van der Waals surface area contributed by atoms with Crippen molar-refractivity contribution in [2.45, 2.75) is 168 Å². The lowest BCUT2D eigenvalue weighted by atomic mass is 10.00. The van der Waals surface area contributed by atoms with Crippen molar-refractivity contribution >= 4 is 16.6 Å². The smallest absolute Gasteiger partial charge is 0.192 e. The van der Waals surface area contributed by atoms with Gasteiger partial charge in [0.1, 0.15) is 0 Å². The van der Waals surface area contributed by atoms with Crippen LogP contribution in [0.4, 0.5) is 0 Å². The van der Waals surface area contributed by atoms with Gasteiger partial charge in [0, 0.05) is 12.2 Å². The third-order valence-corrected chi connectivity index (χ3v) is 18.5. The molecule has 0 fully saturated rings. The Hall–Kier alpha value is -0.166. The second kappa shape index (κ2) is 14.8. The SMILES string of the molecule is CCC(CCC1C=CCC1)O[Si](C)(C)C(C)(C)C.CCC(CCC1C=CCC1)O[Si](C)(C)C(C)(C)C. The third-order valence-electron chi connectivity index (χ3n) is 9.39. The maximum absolute atomic E-state index is 6.53. The highest BCUT2D eigenvalue weighted by Crippen LogP contribution is 2.39. The Morgan fingerprint density at radius 1 is 0.667 bits per heavy atom. The average Bonchev–Trinajstić information content (AvgIpc) is 3.47. The van der Waals surface area contributed by atoms with E-state index in [0.29, 0.717) is 22.3 Å². The van der Waals surface area contributed by atoms with Crippen LogP contribution in [0.1, 0.15) is 120 Å². The summed E-state index contributed by atoms with van der Waals surface area (Å²) in [5, 5.41) is 0.654. The predicted octanol–water partition coefficient (Wildman–Crippen LogP) is 11.1. The van der Waals surface area contributed by atoms with Gasteiger partial charge in [0.2, 0.25) is 0 Å². The van der Waals surface area contributed by atoms with Crippen LogP contribution in [-0.4, -0.2) is 28.8 Å². The average molecular weight is 537 g/mol. The minimum Gasteiger partial charge on any atom is -0.414 e. The fraction of sp³-hybridized carbons (Fsp3) is 0.875. The first-order valence-electron chi connectivity index (χ1n) is 15.2. The number of allylic oxidation sites excluding steroid dienone is 4. The van der Waals surface area contributed by atoms with Gasteiger partial charge >= 0.3 is 0 Å². The van der Waals surface area contributed by atoms with Crippen molar-refractivity contribution in [1.82, 2.24) is 0 Å². The second-order valence-corrected chi connectivity index (χ2v) is 24.0. The summed E-state index contributed by atoms with van der Waals surface area (Å²) in [6.07, 6.45) is 23.1. The number of rotatable bonds is 12. The largest absolute Gasteiger partial charge is 0.414 e. The monoisotopic (exact) mass is 536 g/mol. The van der Waals surface area contributed by atoms with E-state index in [1.165, 1.54) is 51.4 Å². The summed E-state index contributed by atoms with van der Waals surface area (Å²) in [6, 6.07) is 0. The molecule has 0 saturated heterocycles. The van der Waals surface area contributed by atoms with Crippen molar-refractivity contribution in [1.29, 1.82) is 0 Å². The van der Waals surface area contributed by atoms with Gasteiger partial charge in [-0.2, -0.15) is 0 Å². The molecule has 0 radical (unpaired) electrons. The molecule has 0 aromatic rings. The molecule has 2 aliphatic carbocycles. The first kappa shape index (κ1) is 33.9. The first-order chi connectivity index (χ1) is 16.5. The standard InChI is InChI=1S/2C16H32OSi/c2*1-7-15(13-12-14-10-8-9-11-14)17-18(5,6)16(2,3)4/h2*8,10,14-15H,7,9,11-13H2,1-6H3. The van der Waals surface area contributed by atoms with Crippen LogP contribution >= 0.6 is 0 Å². The lowest BCUT2D eigenvalue weighted by Gasteiger charge is -2.39. The molecule has 4 unspecified atom stereocenters. The highest BCUT2D eigenvalue weighted by Gasteiger charge is 2.39. The lowest BCUT2D eigenvalue weighted by Crippen LogP contribution is -2.43. The zero-order valence-electron chi connectivity index (χ0n) is 26.5. The molecule has 212 valence electrons. The van der Waals surface area contributed by atoms with Gasteiger partial charge < -0.3 is 8.85 Å². The van der Waals surface area contributed by atoms with Crippen molar-refractivity contribution in [2.75, 3.05) is 0 Å². The zero-order valence-corrected chi connectivity index (χ0v) is 28.5. The summed E-state index contributed by atoms with van der Waals surface area (Å²) < 4.78 is 13.1. The van der Waals surface area contributed by atoms with Gasteiger partial charge in [-0.05, 0) is 112 Å². The molecule has 2 nitrogen and oxygen atoms in total. The van der Waals surface area contributed by atoms with E-state index in [9.17, 15) is 0 Å². The number of hydrogen-bond donors (Lipinski definition) is 0. The lowest BCUT2D eigenvalue weighted by molar-refractivity contribution is 0.159. The molecule has 0 N–H and O–H groups in total. The van der Waals surface area contributed by atoms with E-state index >= 15 is 0 Å². The van der Waals surface area contributed by atoms with Crippen molar-refractivity contribution < 1.29 is 8.85 Å². The highest BCUT2D eigenvalue weighted by molar-refractivity contribution is 6.74. The Labute approximate surface area is 229 Å². The van der Waals surface area contributed by atoms with E-state index < -0.39 is 16.6 Å². The van der Waals surface area contributed by atoms with Crippen LogP contribution in [0, 0.1) is 11.8 Å². The van der Waals surface area contributed by atoms with Gasteiger partial charge in [0.05, 0.1) is 0 Å². The summed E-state index contributed by atoms with van der Waals surface area (Å²) in [5.74, 6) is 1.64. The van der Waals surface area contributed by atoms with E-state index in [2.05, 4.69) is 106 Å². The maximum Gasteiger partial charge on any atom is 0.192 e. The molecule has 0 bridgehead atoms. The van der Waals surface area contributed by atoms with Crippen LogP contribution < -0.4 is 0 Å². The van der Waals surface area contributed by atoms with Crippen molar-refractivity contribution in [3.05, 3.63) is 24.3 Å². The van der Waals surface area contributed by atoms with Gasteiger partial charge in [-0.1, -0.05) is 79.7 Å². The highest BCUT2D eigenvalue weighted by atomic mass is 28.4. The van der Waals surface area contributed by atoms with Gasteiger partial charge in [-0.3, -0.25) is 0 Å². The summed E-state index contributed by atoms with van der Waals surface area (Å²) in [4.78, 5) is 0. The van der Waals surface area contributed by atoms with Crippen molar-refractivity contribution in [2.24, 2.45) is 11.8 Å². The minimum atomic E-state index is -1.58. The fourth-order valence-corrected chi connectivity index (χ4v) is 7.49. The van der Waals surface area contributed by atoms with Crippen molar-refractivity contribution in [3.8, 4) is 0 Å². The van der Waals surface area contributed by atoms with Crippen molar-refractivity contribution in [3.63, 3.8) is 0 Å². The van der Waals surface area contributed by atoms with Crippen LogP contribution in [-0.2, 0) is 8.85 Å². The molecule has 0 saturated carbocycles. The van der Waals surface area contributed by atoms with Crippen LogP contribution in [0.3, 0.4) is 0 Å². The summed E-state index contributed by atoms with van der Waals surface area (Å²) in [6.45, 7) is 27.9. The van der Waals surface area contributed by atoms with E-state index in [1.54, 1.807) is 0 Å². The molecule has 0 aromatic carbocycles. The summed E-state index contributed by atoms with van der Waals surface area (Å²) in [5.41, 5.74) is 0. The summed E-state index contributed by atoms with van der Waals surface area (Å²) in [7, 11) is -3.17. The Balaban J connectivity index is 0.000000360. The molecule has 0 amide bonds. The molecule has 2 rings (SSSR count). The molecule has 36 heavy (non-hydrogen) atoms.